The SMILES string of the molecule is O=C1CCC(c2ccccc2)C(c2ccccc2)(c2ccccc2)C1(c1ccccc1)c1ccccc1. The van der Waals surface area contributed by atoms with E-state index in [1.807, 2.05) is 12.1 Å². The molecule has 5 aromatic rings. The van der Waals surface area contributed by atoms with Crippen LogP contribution in [0.15, 0.2) is 152 Å². The first kappa shape index (κ1) is 23.2. The Morgan fingerprint density at radius 3 is 1.22 bits per heavy atom. The van der Waals surface area contributed by atoms with Gasteiger partial charge < -0.3 is 0 Å². The summed E-state index contributed by atoms with van der Waals surface area (Å²) in [7, 11) is 0. The smallest absolute Gasteiger partial charge is 0.149 e. The van der Waals surface area contributed by atoms with E-state index in [9.17, 15) is 4.79 Å². The molecule has 5 aromatic carbocycles. The van der Waals surface area contributed by atoms with Crippen LogP contribution in [0.5, 0.6) is 0 Å². The Labute approximate surface area is 219 Å². The predicted molar refractivity (Wildman–Crippen MR) is 151 cm³/mol. The van der Waals surface area contributed by atoms with Crippen molar-refractivity contribution >= 4 is 5.78 Å². The Balaban J connectivity index is 1.86. The molecule has 37 heavy (non-hydrogen) atoms. The maximum absolute atomic E-state index is 14.9. The highest BCUT2D eigenvalue weighted by Crippen LogP contribution is 2.63. The van der Waals surface area contributed by atoms with E-state index in [2.05, 4.69) is 140 Å². The number of ketones is 1. The number of hydrogen-bond donors (Lipinski definition) is 0. The quantitative estimate of drug-likeness (QED) is 0.249. The van der Waals surface area contributed by atoms with Gasteiger partial charge in [0.15, 0.2) is 0 Å². The molecule has 6 rings (SSSR count). The molecule has 0 N–H and O–H groups in total. The fraction of sp³-hybridized carbons (Fsp3) is 0.139. The van der Waals surface area contributed by atoms with E-state index in [1.54, 1.807) is 0 Å². The Kier molecular flexibility index (Phi) is 6.06. The standard InChI is InChI=1S/C36H30O/c37-34-27-26-33(28-16-6-1-7-17-28)35(29-18-8-2-9-19-29,30-20-10-3-11-21-30)36(34,31-22-12-4-13-23-31)32-24-14-5-15-25-32/h1-25,33H,26-27H2. The molecule has 0 saturated heterocycles. The molecule has 180 valence electrons. The number of carbonyl (C=O) groups excluding carboxylic acids is 1. The first-order valence-corrected chi connectivity index (χ1v) is 13.1. The van der Waals surface area contributed by atoms with Crippen LogP contribution in [0.2, 0.25) is 0 Å². The molecule has 0 heterocycles. The second kappa shape index (κ2) is 9.67. The zero-order chi connectivity index (χ0) is 25.1. The average Bonchev–Trinajstić information content (AvgIpc) is 2.99. The Hall–Kier alpha value is -4.23. The summed E-state index contributed by atoms with van der Waals surface area (Å²) in [5, 5.41) is 0. The van der Waals surface area contributed by atoms with E-state index in [4.69, 9.17) is 0 Å². The molecule has 0 aliphatic heterocycles. The van der Waals surface area contributed by atoms with Gasteiger partial charge in [0.2, 0.25) is 0 Å². The summed E-state index contributed by atoms with van der Waals surface area (Å²) in [5.41, 5.74) is 4.08. The minimum Gasteiger partial charge on any atom is -0.298 e. The summed E-state index contributed by atoms with van der Waals surface area (Å²) in [6.07, 6.45) is 1.30. The van der Waals surface area contributed by atoms with Gasteiger partial charge in [-0.3, -0.25) is 4.79 Å². The first-order chi connectivity index (χ1) is 18.3. The van der Waals surface area contributed by atoms with Crippen LogP contribution in [0.4, 0.5) is 0 Å². The van der Waals surface area contributed by atoms with Gasteiger partial charge in [0.05, 0.1) is 5.41 Å². The molecule has 1 nitrogen and oxygen atoms in total. The Morgan fingerprint density at radius 2 is 0.811 bits per heavy atom. The molecule has 1 aliphatic carbocycles. The molecule has 1 fully saturated rings. The normalized spacial score (nSPS) is 18.3. The fourth-order valence-corrected chi connectivity index (χ4v) is 6.99. The monoisotopic (exact) mass is 478 g/mol. The highest BCUT2D eigenvalue weighted by molar-refractivity contribution is 5.98. The molecular formula is C36H30O. The molecule has 0 amide bonds. The van der Waals surface area contributed by atoms with E-state index in [0.29, 0.717) is 6.42 Å². The van der Waals surface area contributed by atoms with Crippen molar-refractivity contribution in [1.82, 2.24) is 0 Å². The fourth-order valence-electron chi connectivity index (χ4n) is 6.99. The average molecular weight is 479 g/mol. The first-order valence-electron chi connectivity index (χ1n) is 13.1. The van der Waals surface area contributed by atoms with Gasteiger partial charge >= 0.3 is 0 Å². The molecule has 1 heteroatoms. The van der Waals surface area contributed by atoms with Gasteiger partial charge in [-0.2, -0.15) is 0 Å². The van der Waals surface area contributed by atoms with E-state index in [1.165, 1.54) is 5.56 Å². The lowest BCUT2D eigenvalue weighted by Gasteiger charge is -2.58. The van der Waals surface area contributed by atoms with Gasteiger partial charge in [0, 0.05) is 11.8 Å². The van der Waals surface area contributed by atoms with Crippen molar-refractivity contribution in [2.24, 2.45) is 0 Å². The van der Waals surface area contributed by atoms with Crippen LogP contribution in [-0.4, -0.2) is 5.78 Å². The van der Waals surface area contributed by atoms with Gasteiger partial charge in [-0.15, -0.1) is 0 Å². The van der Waals surface area contributed by atoms with Crippen LogP contribution in [0.3, 0.4) is 0 Å². The molecule has 0 radical (unpaired) electrons. The highest BCUT2D eigenvalue weighted by atomic mass is 16.1. The van der Waals surface area contributed by atoms with Crippen LogP contribution < -0.4 is 0 Å². The second-order valence-corrected chi connectivity index (χ2v) is 9.95. The topological polar surface area (TPSA) is 17.1 Å². The Bertz CT molecular complexity index is 1380. The van der Waals surface area contributed by atoms with E-state index >= 15 is 0 Å². The zero-order valence-corrected chi connectivity index (χ0v) is 20.8. The maximum atomic E-state index is 14.9. The lowest BCUT2D eigenvalue weighted by molar-refractivity contribution is -0.128. The summed E-state index contributed by atoms with van der Waals surface area (Å²) >= 11 is 0. The molecule has 1 atom stereocenters. The molecule has 0 aromatic heterocycles. The largest absolute Gasteiger partial charge is 0.298 e. The van der Waals surface area contributed by atoms with Crippen LogP contribution >= 0.6 is 0 Å². The van der Waals surface area contributed by atoms with Gasteiger partial charge in [-0.05, 0) is 40.2 Å². The summed E-state index contributed by atoms with van der Waals surface area (Å²) in [6, 6.07) is 53.2. The summed E-state index contributed by atoms with van der Waals surface area (Å²) in [6.45, 7) is 0. The third kappa shape index (κ3) is 3.49. The van der Waals surface area contributed by atoms with Crippen molar-refractivity contribution in [1.29, 1.82) is 0 Å². The van der Waals surface area contributed by atoms with E-state index < -0.39 is 10.8 Å². The van der Waals surface area contributed by atoms with Crippen LogP contribution in [0.1, 0.15) is 46.6 Å². The molecule has 1 saturated carbocycles. The van der Waals surface area contributed by atoms with Crippen molar-refractivity contribution < 1.29 is 4.79 Å². The molecule has 1 unspecified atom stereocenters. The van der Waals surface area contributed by atoms with Crippen molar-refractivity contribution in [3.8, 4) is 0 Å². The third-order valence-corrected chi connectivity index (χ3v) is 8.27. The Morgan fingerprint density at radius 1 is 0.459 bits per heavy atom. The van der Waals surface area contributed by atoms with Gasteiger partial charge in [0.1, 0.15) is 5.78 Å². The summed E-state index contributed by atoms with van der Waals surface area (Å²) < 4.78 is 0. The lowest BCUT2D eigenvalue weighted by Crippen LogP contribution is -2.61. The molecule has 0 bridgehead atoms. The molecule has 1 aliphatic rings. The maximum Gasteiger partial charge on any atom is 0.149 e. The number of Topliss-reactive ketones (excluding diaryl/α,β-unsaturated/α-hetero) is 1. The number of benzene rings is 5. The molecular weight excluding hydrogens is 448 g/mol. The number of hydrogen-bond acceptors (Lipinski definition) is 1. The van der Waals surface area contributed by atoms with Crippen molar-refractivity contribution in [2.75, 3.05) is 0 Å². The minimum atomic E-state index is -0.920. The van der Waals surface area contributed by atoms with Gasteiger partial charge in [0.25, 0.3) is 0 Å². The number of carbonyl (C=O) groups is 1. The predicted octanol–water partition coefficient (Wildman–Crippen LogP) is 8.11. The third-order valence-electron chi connectivity index (χ3n) is 8.27. The lowest BCUT2D eigenvalue weighted by atomic mass is 9.42. The van der Waals surface area contributed by atoms with Crippen LogP contribution in [-0.2, 0) is 15.6 Å². The van der Waals surface area contributed by atoms with Crippen molar-refractivity contribution in [2.45, 2.75) is 29.6 Å². The van der Waals surface area contributed by atoms with Crippen LogP contribution in [0, 0.1) is 0 Å². The minimum absolute atomic E-state index is 0.0802. The van der Waals surface area contributed by atoms with Crippen molar-refractivity contribution in [3.63, 3.8) is 0 Å². The van der Waals surface area contributed by atoms with Crippen LogP contribution in [0.25, 0.3) is 0 Å². The highest BCUT2D eigenvalue weighted by Gasteiger charge is 2.65. The molecule has 0 spiro atoms. The second-order valence-electron chi connectivity index (χ2n) is 9.95. The van der Waals surface area contributed by atoms with E-state index in [0.717, 1.165) is 28.7 Å². The van der Waals surface area contributed by atoms with Gasteiger partial charge in [-0.1, -0.05) is 152 Å². The van der Waals surface area contributed by atoms with Gasteiger partial charge in [-0.25, -0.2) is 0 Å². The van der Waals surface area contributed by atoms with Crippen molar-refractivity contribution in [3.05, 3.63) is 179 Å². The summed E-state index contributed by atoms with van der Waals surface area (Å²) in [5.74, 6) is 0.349. The number of rotatable bonds is 5. The summed E-state index contributed by atoms with van der Waals surface area (Å²) in [4.78, 5) is 14.9. The van der Waals surface area contributed by atoms with E-state index in [-0.39, 0.29) is 11.7 Å². The zero-order valence-electron chi connectivity index (χ0n) is 20.8.